The molecule has 94 valence electrons. The zero-order valence-electron chi connectivity index (χ0n) is 10.2. The Bertz CT molecular complexity index is 568. The molecule has 0 radical (unpaired) electrons. The molecule has 0 fully saturated rings. The molecule has 1 aromatic carbocycles. The number of nitrogens with zero attached hydrogens (tertiary/aromatic N) is 2. The Hall–Kier alpha value is -1.75. The molecule has 0 spiro atoms. The van der Waals surface area contributed by atoms with Crippen molar-refractivity contribution in [3.8, 4) is 0 Å². The van der Waals surface area contributed by atoms with Crippen molar-refractivity contribution in [3.63, 3.8) is 0 Å². The summed E-state index contributed by atoms with van der Waals surface area (Å²) in [5.41, 5.74) is 1.19. The Kier molecular flexibility index (Phi) is 3.72. The third kappa shape index (κ3) is 2.56. The summed E-state index contributed by atoms with van der Waals surface area (Å²) in [6.07, 6.45) is 0. The Morgan fingerprint density at radius 1 is 1.50 bits per heavy atom. The molecule has 0 saturated carbocycles. The van der Waals surface area contributed by atoms with Crippen LogP contribution in [0, 0.1) is 5.82 Å². The molecule has 0 N–H and O–H groups in total. The lowest BCUT2D eigenvalue weighted by Crippen LogP contribution is -2.16. The van der Waals surface area contributed by atoms with Crippen LogP contribution in [-0.4, -0.2) is 17.3 Å². The maximum Gasteiger partial charge on any atom is 0.190 e. The molecule has 0 aliphatic rings. The van der Waals surface area contributed by atoms with Crippen LogP contribution in [0.5, 0.6) is 0 Å². The Labute approximate surface area is 109 Å². The summed E-state index contributed by atoms with van der Waals surface area (Å²) < 4.78 is 13.2. The van der Waals surface area contributed by atoms with Crippen molar-refractivity contribution in [1.29, 1.82) is 0 Å². The fourth-order valence-electron chi connectivity index (χ4n) is 1.62. The van der Waals surface area contributed by atoms with Crippen LogP contribution in [0.4, 0.5) is 15.2 Å². The van der Waals surface area contributed by atoms with Crippen molar-refractivity contribution in [3.05, 3.63) is 41.2 Å². The van der Waals surface area contributed by atoms with Gasteiger partial charge in [-0.15, -0.1) is 11.3 Å². The first-order valence-electron chi connectivity index (χ1n) is 5.61. The molecule has 5 heteroatoms. The first kappa shape index (κ1) is 12.7. The lowest BCUT2D eigenvalue weighted by atomic mass is 10.3. The van der Waals surface area contributed by atoms with E-state index in [0.717, 1.165) is 5.69 Å². The highest BCUT2D eigenvalue weighted by molar-refractivity contribution is 7.14. The van der Waals surface area contributed by atoms with Gasteiger partial charge in [0.15, 0.2) is 10.9 Å². The lowest BCUT2D eigenvalue weighted by molar-refractivity contribution is 0.101. The molecule has 0 atom stereocenters. The molecule has 0 saturated heterocycles. The van der Waals surface area contributed by atoms with Crippen LogP contribution in [-0.2, 0) is 0 Å². The van der Waals surface area contributed by atoms with E-state index in [1.54, 1.807) is 11.4 Å². The van der Waals surface area contributed by atoms with Crippen molar-refractivity contribution in [2.24, 2.45) is 0 Å². The fraction of sp³-hybridized carbons (Fsp3) is 0.231. The van der Waals surface area contributed by atoms with E-state index in [1.807, 2.05) is 17.9 Å². The third-order valence-corrected chi connectivity index (χ3v) is 3.38. The summed E-state index contributed by atoms with van der Waals surface area (Å²) in [6, 6.07) is 6.34. The van der Waals surface area contributed by atoms with Gasteiger partial charge in [0, 0.05) is 24.5 Å². The molecule has 18 heavy (non-hydrogen) atoms. The molecule has 0 aliphatic heterocycles. The van der Waals surface area contributed by atoms with E-state index in [2.05, 4.69) is 4.98 Å². The van der Waals surface area contributed by atoms with Crippen molar-refractivity contribution >= 4 is 27.9 Å². The van der Waals surface area contributed by atoms with Crippen LogP contribution in [0.15, 0.2) is 29.6 Å². The minimum Gasteiger partial charge on any atom is -0.318 e. The molecule has 0 amide bonds. The number of carbonyl (C=O) groups excluding carboxylic acids is 1. The maximum absolute atomic E-state index is 13.2. The van der Waals surface area contributed by atoms with Gasteiger partial charge >= 0.3 is 0 Å². The van der Waals surface area contributed by atoms with Gasteiger partial charge in [0.2, 0.25) is 0 Å². The number of rotatable bonds is 4. The summed E-state index contributed by atoms with van der Waals surface area (Å²) in [5, 5.41) is 2.42. The van der Waals surface area contributed by atoms with Gasteiger partial charge < -0.3 is 4.90 Å². The minimum absolute atomic E-state index is 0.0622. The maximum atomic E-state index is 13.2. The number of carbonyl (C=O) groups is 1. The second kappa shape index (κ2) is 5.27. The second-order valence-corrected chi connectivity index (χ2v) is 4.63. The third-order valence-electron chi connectivity index (χ3n) is 2.52. The molecule has 1 heterocycles. The summed E-state index contributed by atoms with van der Waals surface area (Å²) in [7, 11) is 0. The van der Waals surface area contributed by atoms with Gasteiger partial charge in [-0.1, -0.05) is 6.07 Å². The van der Waals surface area contributed by atoms with E-state index in [-0.39, 0.29) is 11.6 Å². The molecule has 2 aromatic rings. The van der Waals surface area contributed by atoms with Crippen LogP contribution in [0.25, 0.3) is 0 Å². The highest BCUT2D eigenvalue weighted by Crippen LogP contribution is 2.28. The van der Waals surface area contributed by atoms with E-state index < -0.39 is 0 Å². The first-order chi connectivity index (χ1) is 8.61. The number of Topliss-reactive ketones (excluding diaryl/α,β-unsaturated/α-hetero) is 1. The van der Waals surface area contributed by atoms with Crippen LogP contribution in [0.3, 0.4) is 0 Å². The zero-order chi connectivity index (χ0) is 13.1. The highest BCUT2D eigenvalue weighted by atomic mass is 32.1. The van der Waals surface area contributed by atoms with Crippen molar-refractivity contribution in [2.45, 2.75) is 13.8 Å². The molecule has 2 rings (SSSR count). The van der Waals surface area contributed by atoms with E-state index in [9.17, 15) is 9.18 Å². The van der Waals surface area contributed by atoms with E-state index in [1.165, 1.54) is 30.4 Å². The van der Waals surface area contributed by atoms with Crippen molar-refractivity contribution in [1.82, 2.24) is 4.98 Å². The second-order valence-electron chi connectivity index (χ2n) is 3.80. The number of benzene rings is 1. The largest absolute Gasteiger partial charge is 0.318 e. The summed E-state index contributed by atoms with van der Waals surface area (Å²) >= 11 is 1.38. The van der Waals surface area contributed by atoms with Gasteiger partial charge in [-0.3, -0.25) is 4.79 Å². The van der Waals surface area contributed by atoms with E-state index in [4.69, 9.17) is 0 Å². The SMILES string of the molecule is CCN(c1cccc(F)c1)c1nc(C(C)=O)cs1. The number of anilines is 2. The number of thiazole rings is 1. The molecule has 0 bridgehead atoms. The summed E-state index contributed by atoms with van der Waals surface area (Å²) in [6.45, 7) is 4.10. The van der Waals surface area contributed by atoms with Gasteiger partial charge in [-0.25, -0.2) is 9.37 Å². The smallest absolute Gasteiger partial charge is 0.190 e. The molecular formula is C13H13FN2OS. The normalized spacial score (nSPS) is 10.4. The Morgan fingerprint density at radius 2 is 2.28 bits per heavy atom. The van der Waals surface area contributed by atoms with Crippen LogP contribution < -0.4 is 4.90 Å². The van der Waals surface area contributed by atoms with Crippen LogP contribution >= 0.6 is 11.3 Å². The van der Waals surface area contributed by atoms with E-state index >= 15 is 0 Å². The predicted molar refractivity (Wildman–Crippen MR) is 71.2 cm³/mol. The minimum atomic E-state index is -0.283. The molecular weight excluding hydrogens is 251 g/mol. The van der Waals surface area contributed by atoms with Gasteiger partial charge in [0.25, 0.3) is 0 Å². The molecule has 3 nitrogen and oxygen atoms in total. The van der Waals surface area contributed by atoms with Crippen LogP contribution in [0.1, 0.15) is 24.3 Å². The van der Waals surface area contributed by atoms with Gasteiger partial charge in [0.05, 0.1) is 0 Å². The Balaban J connectivity index is 2.35. The zero-order valence-corrected chi connectivity index (χ0v) is 11.0. The highest BCUT2D eigenvalue weighted by Gasteiger charge is 2.13. The Morgan fingerprint density at radius 3 is 2.83 bits per heavy atom. The summed E-state index contributed by atoms with van der Waals surface area (Å²) in [5.74, 6) is -0.345. The van der Waals surface area contributed by atoms with Crippen LogP contribution in [0.2, 0.25) is 0 Å². The number of hydrogen-bond donors (Lipinski definition) is 0. The lowest BCUT2D eigenvalue weighted by Gasteiger charge is -2.19. The molecule has 1 aromatic heterocycles. The number of aromatic nitrogens is 1. The van der Waals surface area contributed by atoms with Crippen molar-refractivity contribution < 1.29 is 9.18 Å². The fourth-order valence-corrected chi connectivity index (χ4v) is 2.57. The number of halogens is 1. The molecule has 0 unspecified atom stereocenters. The number of hydrogen-bond acceptors (Lipinski definition) is 4. The predicted octanol–water partition coefficient (Wildman–Crippen LogP) is 3.64. The first-order valence-corrected chi connectivity index (χ1v) is 6.49. The number of ketones is 1. The monoisotopic (exact) mass is 264 g/mol. The average molecular weight is 264 g/mol. The average Bonchev–Trinajstić information content (AvgIpc) is 2.80. The summed E-state index contributed by atoms with van der Waals surface area (Å²) in [4.78, 5) is 17.4. The van der Waals surface area contributed by atoms with Gasteiger partial charge in [-0.2, -0.15) is 0 Å². The van der Waals surface area contributed by atoms with E-state index in [0.29, 0.717) is 17.4 Å². The molecule has 0 aliphatic carbocycles. The topological polar surface area (TPSA) is 33.2 Å². The van der Waals surface area contributed by atoms with Gasteiger partial charge in [-0.05, 0) is 25.1 Å². The van der Waals surface area contributed by atoms with Gasteiger partial charge in [0.1, 0.15) is 11.5 Å². The quantitative estimate of drug-likeness (QED) is 0.790. The van der Waals surface area contributed by atoms with Crippen molar-refractivity contribution in [2.75, 3.05) is 11.4 Å². The standard InChI is InChI=1S/C13H13FN2OS/c1-3-16(11-6-4-5-10(14)7-11)13-15-12(8-18-13)9(2)17/h4-8H,3H2,1-2H3.